The van der Waals surface area contributed by atoms with Gasteiger partial charge in [-0.1, -0.05) is 31.1 Å². The van der Waals surface area contributed by atoms with Crippen molar-refractivity contribution in [3.05, 3.63) is 23.5 Å². The molecule has 2 heteroatoms. The fourth-order valence-electron chi connectivity index (χ4n) is 2.33. The van der Waals surface area contributed by atoms with Crippen molar-refractivity contribution in [3.63, 3.8) is 0 Å². The Morgan fingerprint density at radius 1 is 1.38 bits per heavy atom. The molecule has 0 heterocycles. The van der Waals surface area contributed by atoms with Gasteiger partial charge in [0.1, 0.15) is 0 Å². The molecule has 1 nitrogen and oxygen atoms in total. The van der Waals surface area contributed by atoms with E-state index in [9.17, 15) is 5.11 Å². The summed E-state index contributed by atoms with van der Waals surface area (Å²) in [5.41, 5.74) is 1.74. The zero-order valence-corrected chi connectivity index (χ0v) is 8.60. The van der Waals surface area contributed by atoms with Crippen molar-refractivity contribution in [3.8, 4) is 0 Å². The zero-order valence-electron chi connectivity index (χ0n) is 8.60. The molecule has 0 aromatic heterocycles. The van der Waals surface area contributed by atoms with E-state index in [0.29, 0.717) is 5.41 Å². The van der Waals surface area contributed by atoms with E-state index >= 15 is 0 Å². The van der Waals surface area contributed by atoms with Gasteiger partial charge in [0, 0.05) is 0 Å². The van der Waals surface area contributed by atoms with Gasteiger partial charge >= 0.3 is 18.9 Å². The fraction of sp³-hybridized carbons (Fsp3) is 0.636. The summed E-state index contributed by atoms with van der Waals surface area (Å²) >= 11 is 0. The van der Waals surface area contributed by atoms with Crippen LogP contribution >= 0.6 is 0 Å². The van der Waals surface area contributed by atoms with E-state index in [2.05, 4.69) is 6.92 Å². The van der Waals surface area contributed by atoms with Crippen LogP contribution < -0.4 is 24.0 Å². The number of hydrogen-bond acceptors (Lipinski definition) is 1. The molecule has 2 aliphatic rings. The quantitative estimate of drug-likeness (QED) is 0.434. The number of fused-ring (bicyclic) bond motifs is 1. The topological polar surface area (TPSA) is 23.1 Å². The van der Waals surface area contributed by atoms with E-state index in [0.717, 1.165) is 12.8 Å². The van der Waals surface area contributed by atoms with Crippen molar-refractivity contribution in [2.75, 3.05) is 0 Å². The molecular formula is C11H15LiO. The van der Waals surface area contributed by atoms with Crippen molar-refractivity contribution >= 4 is 0 Å². The molecule has 0 saturated heterocycles. The molecule has 2 aliphatic carbocycles. The summed E-state index contributed by atoms with van der Waals surface area (Å²) in [7, 11) is 0. The molecule has 0 N–H and O–H groups in total. The minimum atomic E-state index is 0. The van der Waals surface area contributed by atoms with E-state index in [-0.39, 0.29) is 24.6 Å². The van der Waals surface area contributed by atoms with Crippen LogP contribution in [0.15, 0.2) is 23.5 Å². The molecule has 1 saturated carbocycles. The molecule has 1 atom stereocenters. The monoisotopic (exact) mass is 170 g/mol. The minimum absolute atomic E-state index is 0. The maximum Gasteiger partial charge on any atom is 1.00 e. The SMILES string of the molecule is C[C@]12CC=C([O-])C=C1CCCC2.[Li+]. The van der Waals surface area contributed by atoms with Gasteiger partial charge in [-0.3, -0.25) is 0 Å². The predicted octanol–water partition coefficient (Wildman–Crippen LogP) is -0.855. The molecule has 0 radical (unpaired) electrons. The van der Waals surface area contributed by atoms with Gasteiger partial charge in [-0.15, -0.1) is 5.76 Å². The van der Waals surface area contributed by atoms with Crippen LogP contribution in [0, 0.1) is 5.41 Å². The Morgan fingerprint density at radius 2 is 2.15 bits per heavy atom. The van der Waals surface area contributed by atoms with Crippen LogP contribution in [0.3, 0.4) is 0 Å². The van der Waals surface area contributed by atoms with Crippen LogP contribution in [0.2, 0.25) is 0 Å². The average molecular weight is 170 g/mol. The van der Waals surface area contributed by atoms with Crippen LogP contribution in [0.1, 0.15) is 39.0 Å². The molecule has 1 fully saturated rings. The van der Waals surface area contributed by atoms with Crippen molar-refractivity contribution in [1.29, 1.82) is 0 Å². The third-order valence-corrected chi connectivity index (χ3v) is 3.27. The van der Waals surface area contributed by atoms with Crippen LogP contribution in [-0.4, -0.2) is 0 Å². The normalized spacial score (nSPS) is 32.4. The molecule has 66 valence electrons. The third-order valence-electron chi connectivity index (χ3n) is 3.27. The maximum absolute atomic E-state index is 11.1. The number of hydrogen-bond donors (Lipinski definition) is 0. The molecule has 13 heavy (non-hydrogen) atoms. The van der Waals surface area contributed by atoms with E-state index < -0.39 is 0 Å². The van der Waals surface area contributed by atoms with Crippen LogP contribution in [0.5, 0.6) is 0 Å². The average Bonchev–Trinajstić information content (AvgIpc) is 2.06. The van der Waals surface area contributed by atoms with E-state index in [1.807, 2.05) is 12.2 Å². The molecule has 0 amide bonds. The number of allylic oxidation sites excluding steroid dienone is 3. The second-order valence-corrected chi connectivity index (χ2v) is 4.25. The van der Waals surface area contributed by atoms with Gasteiger partial charge in [0.2, 0.25) is 0 Å². The van der Waals surface area contributed by atoms with Gasteiger partial charge in [0.15, 0.2) is 0 Å². The Morgan fingerprint density at radius 3 is 2.92 bits per heavy atom. The first-order valence-corrected chi connectivity index (χ1v) is 4.79. The Kier molecular flexibility index (Phi) is 3.32. The Balaban J connectivity index is 0.000000845. The second-order valence-electron chi connectivity index (χ2n) is 4.25. The van der Waals surface area contributed by atoms with Crippen molar-refractivity contribution in [2.45, 2.75) is 39.0 Å². The summed E-state index contributed by atoms with van der Waals surface area (Å²) < 4.78 is 0. The molecule has 0 spiro atoms. The molecular weight excluding hydrogens is 155 g/mol. The van der Waals surface area contributed by atoms with Gasteiger partial charge < -0.3 is 5.11 Å². The molecule has 0 unspecified atom stereocenters. The standard InChI is InChI=1S/C11H16O.Li/c1-11-6-3-2-4-9(11)8-10(12)5-7-11;/h5,8,12H,2-4,6-7H2,1H3;/q;+1/p-1/t11-;/m0./s1. The molecule has 0 bridgehead atoms. The Bertz CT molecular complexity index is 255. The summed E-state index contributed by atoms with van der Waals surface area (Å²) in [5, 5.41) is 11.1. The van der Waals surface area contributed by atoms with Gasteiger partial charge in [-0.05, 0) is 31.1 Å². The summed E-state index contributed by atoms with van der Waals surface area (Å²) in [4.78, 5) is 0. The minimum Gasteiger partial charge on any atom is -0.873 e. The first kappa shape index (κ1) is 11.0. The number of rotatable bonds is 0. The molecule has 2 rings (SSSR count). The van der Waals surface area contributed by atoms with Gasteiger partial charge in [0.05, 0.1) is 0 Å². The Labute approximate surface area is 92.1 Å². The molecule has 0 aromatic rings. The van der Waals surface area contributed by atoms with Crippen LogP contribution in [0.25, 0.3) is 0 Å². The zero-order chi connectivity index (χ0) is 8.60. The van der Waals surface area contributed by atoms with Gasteiger partial charge in [0.25, 0.3) is 0 Å². The fourth-order valence-corrected chi connectivity index (χ4v) is 2.33. The molecule has 0 aliphatic heterocycles. The third kappa shape index (κ3) is 2.03. The van der Waals surface area contributed by atoms with E-state index in [4.69, 9.17) is 0 Å². The summed E-state index contributed by atoms with van der Waals surface area (Å²) in [6, 6.07) is 0. The largest absolute Gasteiger partial charge is 1.00 e. The first-order chi connectivity index (χ1) is 5.71. The summed E-state index contributed by atoms with van der Waals surface area (Å²) in [6.07, 6.45) is 9.69. The molecule has 0 aromatic carbocycles. The first-order valence-electron chi connectivity index (χ1n) is 4.79. The second kappa shape index (κ2) is 3.94. The van der Waals surface area contributed by atoms with Gasteiger partial charge in [-0.2, -0.15) is 0 Å². The maximum atomic E-state index is 11.1. The van der Waals surface area contributed by atoms with Crippen molar-refractivity contribution in [2.24, 2.45) is 5.41 Å². The van der Waals surface area contributed by atoms with E-state index in [1.54, 1.807) is 0 Å². The van der Waals surface area contributed by atoms with E-state index in [1.165, 1.54) is 24.8 Å². The van der Waals surface area contributed by atoms with Gasteiger partial charge in [-0.25, -0.2) is 0 Å². The summed E-state index contributed by atoms with van der Waals surface area (Å²) in [5.74, 6) is 0.226. The summed E-state index contributed by atoms with van der Waals surface area (Å²) in [6.45, 7) is 2.29. The predicted molar refractivity (Wildman–Crippen MR) is 47.4 cm³/mol. The van der Waals surface area contributed by atoms with Crippen molar-refractivity contribution in [1.82, 2.24) is 0 Å². The Hall–Kier alpha value is -0.123. The van der Waals surface area contributed by atoms with Crippen molar-refractivity contribution < 1.29 is 24.0 Å². The van der Waals surface area contributed by atoms with Crippen LogP contribution in [0.4, 0.5) is 0 Å². The van der Waals surface area contributed by atoms with Crippen LogP contribution in [-0.2, 0) is 0 Å². The smallest absolute Gasteiger partial charge is 0.873 e.